The van der Waals surface area contributed by atoms with Crippen molar-refractivity contribution in [2.45, 2.75) is 25.8 Å². The minimum Gasteiger partial charge on any atom is -0.493 e. The molecule has 0 radical (unpaired) electrons. The smallest absolute Gasteiger partial charge is 0.303 e. The lowest BCUT2D eigenvalue weighted by atomic mass is 10.1. The normalized spacial score (nSPS) is 11.6. The van der Waals surface area contributed by atoms with Gasteiger partial charge in [-0.1, -0.05) is 6.07 Å². The lowest BCUT2D eigenvalue weighted by molar-refractivity contribution is -0.137. The molecular formula is C14H19NO5. The molecule has 0 aliphatic rings. The van der Waals surface area contributed by atoms with Crippen LogP contribution in [0.2, 0.25) is 0 Å². The maximum absolute atomic E-state index is 12.2. The summed E-state index contributed by atoms with van der Waals surface area (Å²) >= 11 is 0. The lowest BCUT2D eigenvalue weighted by Crippen LogP contribution is -2.33. The number of benzene rings is 1. The Morgan fingerprint density at radius 1 is 1.30 bits per heavy atom. The molecule has 0 bridgehead atoms. The van der Waals surface area contributed by atoms with Crippen LogP contribution in [0.1, 0.15) is 30.1 Å². The van der Waals surface area contributed by atoms with Gasteiger partial charge in [-0.2, -0.15) is 0 Å². The van der Waals surface area contributed by atoms with Gasteiger partial charge in [-0.15, -0.1) is 0 Å². The highest BCUT2D eigenvalue weighted by Crippen LogP contribution is 2.30. The first kappa shape index (κ1) is 15.8. The van der Waals surface area contributed by atoms with Crippen LogP contribution in [0.15, 0.2) is 18.2 Å². The molecule has 0 aromatic heterocycles. The van der Waals surface area contributed by atoms with Gasteiger partial charge >= 0.3 is 5.97 Å². The molecule has 0 aliphatic carbocycles. The van der Waals surface area contributed by atoms with Crippen molar-refractivity contribution >= 4 is 11.9 Å². The van der Waals surface area contributed by atoms with E-state index in [0.717, 1.165) is 0 Å². The van der Waals surface area contributed by atoms with Crippen LogP contribution in [-0.2, 0) is 4.79 Å². The van der Waals surface area contributed by atoms with Gasteiger partial charge < -0.3 is 19.9 Å². The number of para-hydroxylation sites is 1. The summed E-state index contributed by atoms with van der Waals surface area (Å²) in [4.78, 5) is 22.6. The minimum atomic E-state index is -0.884. The van der Waals surface area contributed by atoms with Crippen molar-refractivity contribution in [1.29, 1.82) is 0 Å². The number of nitrogens with one attached hydrogen (secondary N) is 1. The molecular weight excluding hydrogens is 262 g/mol. The Kier molecular flexibility index (Phi) is 5.83. The third kappa shape index (κ3) is 4.15. The first-order valence-electron chi connectivity index (χ1n) is 6.23. The Bertz CT molecular complexity index is 486. The highest BCUT2D eigenvalue weighted by molar-refractivity contribution is 5.98. The first-order valence-corrected chi connectivity index (χ1v) is 6.23. The summed E-state index contributed by atoms with van der Waals surface area (Å²) in [6.07, 6.45) is 0.379. The number of carbonyl (C=O) groups excluding carboxylic acids is 1. The van der Waals surface area contributed by atoms with E-state index in [-0.39, 0.29) is 18.4 Å². The highest BCUT2D eigenvalue weighted by Gasteiger charge is 2.18. The van der Waals surface area contributed by atoms with E-state index in [9.17, 15) is 9.59 Å². The molecule has 0 aliphatic heterocycles. The number of methoxy groups -OCH3 is 2. The van der Waals surface area contributed by atoms with Crippen molar-refractivity contribution in [3.05, 3.63) is 23.8 Å². The van der Waals surface area contributed by atoms with E-state index in [0.29, 0.717) is 23.5 Å². The van der Waals surface area contributed by atoms with Gasteiger partial charge in [-0.25, -0.2) is 0 Å². The Balaban J connectivity index is 2.79. The molecule has 0 heterocycles. The van der Waals surface area contributed by atoms with Gasteiger partial charge in [-0.05, 0) is 25.5 Å². The molecule has 1 rings (SSSR count). The zero-order valence-corrected chi connectivity index (χ0v) is 11.8. The number of hydrogen-bond acceptors (Lipinski definition) is 4. The van der Waals surface area contributed by atoms with Crippen LogP contribution in [0.25, 0.3) is 0 Å². The van der Waals surface area contributed by atoms with Crippen molar-refractivity contribution in [2.24, 2.45) is 0 Å². The number of carboxylic acid groups (broad SMARTS) is 1. The van der Waals surface area contributed by atoms with E-state index in [1.165, 1.54) is 14.2 Å². The maximum Gasteiger partial charge on any atom is 0.303 e. The van der Waals surface area contributed by atoms with Crippen LogP contribution in [0.3, 0.4) is 0 Å². The van der Waals surface area contributed by atoms with Crippen molar-refractivity contribution in [2.75, 3.05) is 14.2 Å². The molecule has 1 unspecified atom stereocenters. The quantitative estimate of drug-likeness (QED) is 0.794. The molecule has 1 atom stereocenters. The summed E-state index contributed by atoms with van der Waals surface area (Å²) in [5, 5.41) is 11.4. The molecule has 20 heavy (non-hydrogen) atoms. The van der Waals surface area contributed by atoms with Crippen LogP contribution in [0.4, 0.5) is 0 Å². The standard InChI is InChI=1S/C14H19NO5/c1-9(7-8-12(16)17)15-14(18)10-5-4-6-11(19-2)13(10)20-3/h4-6,9H,7-8H2,1-3H3,(H,15,18)(H,16,17). The van der Waals surface area contributed by atoms with Crippen molar-refractivity contribution < 1.29 is 24.2 Å². The van der Waals surface area contributed by atoms with E-state index in [1.807, 2.05) is 0 Å². The Labute approximate surface area is 117 Å². The van der Waals surface area contributed by atoms with Gasteiger partial charge in [0.15, 0.2) is 11.5 Å². The Hall–Kier alpha value is -2.24. The fourth-order valence-electron chi connectivity index (χ4n) is 1.78. The van der Waals surface area contributed by atoms with Gasteiger partial charge in [0.1, 0.15) is 0 Å². The molecule has 6 heteroatoms. The number of rotatable bonds is 7. The molecule has 0 spiro atoms. The van der Waals surface area contributed by atoms with Crippen LogP contribution < -0.4 is 14.8 Å². The van der Waals surface area contributed by atoms with Gasteiger partial charge in [0.25, 0.3) is 5.91 Å². The number of carboxylic acids is 1. The predicted molar refractivity (Wildman–Crippen MR) is 73.3 cm³/mol. The average molecular weight is 281 g/mol. The minimum absolute atomic E-state index is 0.0106. The second kappa shape index (κ2) is 7.37. The first-order chi connectivity index (χ1) is 9.49. The molecule has 2 N–H and O–H groups in total. The summed E-state index contributed by atoms with van der Waals surface area (Å²) in [5.74, 6) is -0.375. The summed E-state index contributed by atoms with van der Waals surface area (Å²) in [5.41, 5.74) is 0.356. The fourth-order valence-corrected chi connectivity index (χ4v) is 1.78. The third-order valence-electron chi connectivity index (χ3n) is 2.82. The molecule has 1 aromatic carbocycles. The molecule has 6 nitrogen and oxygen atoms in total. The zero-order chi connectivity index (χ0) is 15.1. The predicted octanol–water partition coefficient (Wildman–Crippen LogP) is 1.69. The topological polar surface area (TPSA) is 84.9 Å². The zero-order valence-electron chi connectivity index (χ0n) is 11.8. The number of aliphatic carboxylic acids is 1. The SMILES string of the molecule is COc1cccc(C(=O)NC(C)CCC(=O)O)c1OC. The van der Waals surface area contributed by atoms with Crippen LogP contribution in [0, 0.1) is 0 Å². The van der Waals surface area contributed by atoms with E-state index in [1.54, 1.807) is 25.1 Å². The van der Waals surface area contributed by atoms with Crippen LogP contribution in [-0.4, -0.2) is 37.2 Å². The van der Waals surface area contributed by atoms with E-state index >= 15 is 0 Å². The fraction of sp³-hybridized carbons (Fsp3) is 0.429. The lowest BCUT2D eigenvalue weighted by Gasteiger charge is -2.16. The maximum atomic E-state index is 12.2. The molecule has 0 saturated heterocycles. The molecule has 0 saturated carbocycles. The number of amides is 1. The highest BCUT2D eigenvalue weighted by atomic mass is 16.5. The second-order valence-corrected chi connectivity index (χ2v) is 4.35. The van der Waals surface area contributed by atoms with Gasteiger partial charge in [0.05, 0.1) is 19.8 Å². The average Bonchev–Trinajstić information content (AvgIpc) is 2.43. The summed E-state index contributed by atoms with van der Waals surface area (Å²) in [7, 11) is 2.96. The number of carbonyl (C=O) groups is 2. The third-order valence-corrected chi connectivity index (χ3v) is 2.82. The summed E-state index contributed by atoms with van der Waals surface area (Å²) < 4.78 is 10.3. The summed E-state index contributed by atoms with van der Waals surface area (Å²) in [6.45, 7) is 1.76. The van der Waals surface area contributed by atoms with E-state index in [2.05, 4.69) is 5.32 Å². The van der Waals surface area contributed by atoms with Crippen LogP contribution >= 0.6 is 0 Å². The monoisotopic (exact) mass is 281 g/mol. The molecule has 0 fully saturated rings. The van der Waals surface area contributed by atoms with Gasteiger partial charge in [-0.3, -0.25) is 9.59 Å². The van der Waals surface area contributed by atoms with E-state index < -0.39 is 5.97 Å². The molecule has 1 aromatic rings. The van der Waals surface area contributed by atoms with Crippen LogP contribution in [0.5, 0.6) is 11.5 Å². The second-order valence-electron chi connectivity index (χ2n) is 4.35. The Morgan fingerprint density at radius 2 is 2.00 bits per heavy atom. The number of hydrogen-bond donors (Lipinski definition) is 2. The summed E-state index contributed by atoms with van der Waals surface area (Å²) in [6, 6.07) is 4.77. The van der Waals surface area contributed by atoms with Crippen molar-refractivity contribution in [3.8, 4) is 11.5 Å². The number of ether oxygens (including phenoxy) is 2. The van der Waals surface area contributed by atoms with Gasteiger partial charge in [0.2, 0.25) is 0 Å². The van der Waals surface area contributed by atoms with Crippen molar-refractivity contribution in [1.82, 2.24) is 5.32 Å². The van der Waals surface area contributed by atoms with Gasteiger partial charge in [0, 0.05) is 12.5 Å². The van der Waals surface area contributed by atoms with Crippen molar-refractivity contribution in [3.63, 3.8) is 0 Å². The Morgan fingerprint density at radius 3 is 2.55 bits per heavy atom. The largest absolute Gasteiger partial charge is 0.493 e. The molecule has 1 amide bonds. The van der Waals surface area contributed by atoms with E-state index in [4.69, 9.17) is 14.6 Å². The molecule has 110 valence electrons.